The minimum atomic E-state index is -0.637. The molecule has 0 atom stereocenters. The number of hydrazine groups is 1. The molecule has 122 valence electrons. The average Bonchev–Trinajstić information content (AvgIpc) is 3.10. The Labute approximate surface area is 146 Å². The first-order valence-corrected chi connectivity index (χ1v) is 8.02. The Kier molecular flexibility index (Phi) is 4.36. The number of furan rings is 1. The molecule has 1 N–H and O–H groups in total. The Morgan fingerprint density at radius 2 is 2.00 bits per heavy atom. The van der Waals surface area contributed by atoms with Crippen LogP contribution in [0.25, 0.3) is 6.08 Å². The van der Waals surface area contributed by atoms with Crippen LogP contribution >= 0.6 is 24.0 Å². The monoisotopic (exact) mass is 361 g/mol. The zero-order valence-corrected chi connectivity index (χ0v) is 14.0. The lowest BCUT2D eigenvalue weighted by Gasteiger charge is -2.17. The second kappa shape index (κ2) is 6.46. The molecule has 0 radical (unpaired) electrons. The van der Waals surface area contributed by atoms with Gasteiger partial charge in [0.1, 0.15) is 10.7 Å². The van der Waals surface area contributed by atoms with Gasteiger partial charge in [-0.15, -0.1) is 0 Å². The normalized spacial score (nSPS) is 16.0. The SMILES string of the molecule is Cc1ccc(NN2C(=O)/C(=C\c3ccc([N+](=O)[O-])o3)SC2=S)cc1. The van der Waals surface area contributed by atoms with Crippen molar-refractivity contribution in [1.82, 2.24) is 5.01 Å². The van der Waals surface area contributed by atoms with Gasteiger partial charge >= 0.3 is 5.88 Å². The van der Waals surface area contributed by atoms with E-state index in [9.17, 15) is 14.9 Å². The quantitative estimate of drug-likeness (QED) is 0.384. The summed E-state index contributed by atoms with van der Waals surface area (Å²) in [6.07, 6.45) is 1.43. The number of anilines is 1. The highest BCUT2D eigenvalue weighted by atomic mass is 32.2. The van der Waals surface area contributed by atoms with Crippen LogP contribution in [-0.4, -0.2) is 20.2 Å². The first kappa shape index (κ1) is 16.2. The number of carbonyl (C=O) groups is 1. The van der Waals surface area contributed by atoms with Crippen LogP contribution in [0, 0.1) is 17.0 Å². The van der Waals surface area contributed by atoms with E-state index >= 15 is 0 Å². The van der Waals surface area contributed by atoms with E-state index in [-0.39, 0.29) is 17.6 Å². The number of hydrogen-bond donors (Lipinski definition) is 1. The minimum Gasteiger partial charge on any atom is -0.401 e. The number of thiocarbonyl (C=S) groups is 1. The van der Waals surface area contributed by atoms with E-state index in [1.807, 2.05) is 31.2 Å². The molecule has 1 aliphatic rings. The summed E-state index contributed by atoms with van der Waals surface area (Å²) < 4.78 is 5.37. The van der Waals surface area contributed by atoms with Crippen molar-refractivity contribution in [2.24, 2.45) is 0 Å². The number of nitrogens with zero attached hydrogens (tertiary/aromatic N) is 2. The second-order valence-electron chi connectivity index (χ2n) is 4.93. The summed E-state index contributed by atoms with van der Waals surface area (Å²) in [5.41, 5.74) is 4.78. The molecular weight excluding hydrogens is 350 g/mol. The van der Waals surface area contributed by atoms with Crippen molar-refractivity contribution in [1.29, 1.82) is 0 Å². The molecule has 2 heterocycles. The summed E-state index contributed by atoms with van der Waals surface area (Å²) in [6.45, 7) is 1.97. The second-order valence-corrected chi connectivity index (χ2v) is 6.60. The smallest absolute Gasteiger partial charge is 0.401 e. The highest BCUT2D eigenvalue weighted by Gasteiger charge is 2.33. The van der Waals surface area contributed by atoms with Crippen molar-refractivity contribution in [3.05, 3.63) is 62.7 Å². The minimum absolute atomic E-state index is 0.220. The number of carbonyl (C=O) groups excluding carboxylic acids is 1. The Morgan fingerprint density at radius 1 is 1.29 bits per heavy atom. The largest absolute Gasteiger partial charge is 0.433 e. The van der Waals surface area contributed by atoms with Crippen molar-refractivity contribution < 1.29 is 14.1 Å². The van der Waals surface area contributed by atoms with E-state index in [2.05, 4.69) is 5.43 Å². The summed E-state index contributed by atoms with van der Waals surface area (Å²) in [4.78, 5) is 22.8. The van der Waals surface area contributed by atoms with Gasteiger partial charge in [0.25, 0.3) is 5.91 Å². The molecule has 1 aromatic carbocycles. The topological polar surface area (TPSA) is 88.6 Å². The van der Waals surface area contributed by atoms with E-state index in [1.54, 1.807) is 0 Å². The molecule has 24 heavy (non-hydrogen) atoms. The van der Waals surface area contributed by atoms with Crippen molar-refractivity contribution in [3.8, 4) is 0 Å². The Balaban J connectivity index is 1.79. The molecule has 0 unspecified atom stereocenters. The number of rotatable bonds is 4. The van der Waals surface area contributed by atoms with E-state index in [0.29, 0.717) is 9.23 Å². The zero-order valence-electron chi connectivity index (χ0n) is 12.4. The van der Waals surface area contributed by atoms with E-state index < -0.39 is 4.92 Å². The van der Waals surface area contributed by atoms with Gasteiger partial charge in [0.2, 0.25) is 0 Å². The molecule has 0 bridgehead atoms. The Bertz CT molecular complexity index is 858. The Hall–Kier alpha value is -2.65. The zero-order chi connectivity index (χ0) is 17.3. The number of nitro groups is 1. The molecule has 3 rings (SSSR count). The molecule has 1 amide bonds. The summed E-state index contributed by atoms with van der Waals surface area (Å²) in [5, 5.41) is 11.9. The van der Waals surface area contributed by atoms with Gasteiger partial charge in [-0.3, -0.25) is 20.3 Å². The lowest BCUT2D eigenvalue weighted by molar-refractivity contribution is -0.402. The third-order valence-electron chi connectivity index (χ3n) is 3.15. The predicted molar refractivity (Wildman–Crippen MR) is 95.2 cm³/mol. The highest BCUT2D eigenvalue weighted by Crippen LogP contribution is 2.33. The lowest BCUT2D eigenvalue weighted by Crippen LogP contribution is -2.33. The fourth-order valence-corrected chi connectivity index (χ4v) is 3.13. The standard InChI is InChI=1S/C15H11N3O4S2/c1-9-2-4-10(5-3-9)16-17-14(19)12(24-15(17)23)8-11-6-7-13(22-11)18(20)21/h2-8,16H,1H3/b12-8+. The fraction of sp³-hybridized carbons (Fsp3) is 0.0667. The van der Waals surface area contributed by atoms with Crippen LogP contribution in [0.2, 0.25) is 0 Å². The van der Waals surface area contributed by atoms with Gasteiger partial charge in [-0.2, -0.15) is 0 Å². The maximum Gasteiger partial charge on any atom is 0.433 e. The van der Waals surface area contributed by atoms with Gasteiger partial charge in [0, 0.05) is 6.08 Å². The fourth-order valence-electron chi connectivity index (χ4n) is 1.97. The van der Waals surface area contributed by atoms with Crippen LogP contribution in [-0.2, 0) is 4.79 Å². The van der Waals surface area contributed by atoms with E-state index in [1.165, 1.54) is 23.2 Å². The van der Waals surface area contributed by atoms with Gasteiger partial charge in [-0.25, -0.2) is 5.01 Å². The van der Waals surface area contributed by atoms with E-state index in [0.717, 1.165) is 23.0 Å². The lowest BCUT2D eigenvalue weighted by atomic mass is 10.2. The van der Waals surface area contributed by atoms with Crippen LogP contribution < -0.4 is 5.43 Å². The molecule has 1 aromatic heterocycles. The molecular formula is C15H11N3O4S2. The Morgan fingerprint density at radius 3 is 2.62 bits per heavy atom. The van der Waals surface area contributed by atoms with Crippen LogP contribution in [0.1, 0.15) is 11.3 Å². The average molecular weight is 361 g/mol. The maximum atomic E-state index is 12.4. The van der Waals surface area contributed by atoms with E-state index in [4.69, 9.17) is 16.6 Å². The van der Waals surface area contributed by atoms with Gasteiger partial charge in [-0.1, -0.05) is 29.5 Å². The van der Waals surface area contributed by atoms with Gasteiger partial charge in [0.15, 0.2) is 4.32 Å². The third kappa shape index (κ3) is 3.31. The number of amides is 1. The molecule has 0 spiro atoms. The number of thioether (sulfide) groups is 1. The van der Waals surface area contributed by atoms with Gasteiger partial charge in [-0.05, 0) is 37.3 Å². The summed E-state index contributed by atoms with van der Waals surface area (Å²) in [6, 6.07) is 10.2. The highest BCUT2D eigenvalue weighted by molar-refractivity contribution is 8.26. The first-order chi connectivity index (χ1) is 11.4. The van der Waals surface area contributed by atoms with Crippen LogP contribution in [0.3, 0.4) is 0 Å². The predicted octanol–water partition coefficient (Wildman–Crippen LogP) is 3.72. The molecule has 7 nitrogen and oxygen atoms in total. The van der Waals surface area contributed by atoms with Gasteiger partial charge in [0.05, 0.1) is 16.7 Å². The summed E-state index contributed by atoms with van der Waals surface area (Å²) in [7, 11) is 0. The first-order valence-electron chi connectivity index (χ1n) is 6.79. The summed E-state index contributed by atoms with van der Waals surface area (Å²) >= 11 is 6.30. The number of benzene rings is 1. The number of hydrogen-bond acceptors (Lipinski definition) is 7. The molecule has 0 aliphatic carbocycles. The molecule has 1 fully saturated rings. The number of aryl methyl sites for hydroxylation is 1. The van der Waals surface area contributed by atoms with Crippen LogP contribution in [0.4, 0.5) is 11.6 Å². The van der Waals surface area contributed by atoms with Crippen molar-refractivity contribution in [2.75, 3.05) is 5.43 Å². The van der Waals surface area contributed by atoms with Crippen LogP contribution in [0.5, 0.6) is 0 Å². The molecule has 1 aliphatic heterocycles. The van der Waals surface area contributed by atoms with Crippen LogP contribution in [0.15, 0.2) is 45.7 Å². The molecule has 0 saturated carbocycles. The maximum absolute atomic E-state index is 12.4. The number of nitrogens with one attached hydrogen (secondary N) is 1. The van der Waals surface area contributed by atoms with Crippen molar-refractivity contribution in [2.45, 2.75) is 6.92 Å². The van der Waals surface area contributed by atoms with Crippen molar-refractivity contribution >= 4 is 51.9 Å². The molecule has 1 saturated heterocycles. The van der Waals surface area contributed by atoms with Crippen molar-refractivity contribution in [3.63, 3.8) is 0 Å². The van der Waals surface area contributed by atoms with Gasteiger partial charge < -0.3 is 4.42 Å². The third-order valence-corrected chi connectivity index (χ3v) is 4.45. The molecule has 9 heteroatoms. The molecule has 2 aromatic rings. The summed E-state index contributed by atoms with van der Waals surface area (Å²) in [5.74, 6) is -0.503.